The van der Waals surface area contributed by atoms with Gasteiger partial charge in [0, 0.05) is 49.4 Å². The summed E-state index contributed by atoms with van der Waals surface area (Å²) < 4.78 is 39.6. The zero-order valence-corrected chi connectivity index (χ0v) is 18.4. The normalized spacial score (nSPS) is 13.7. The smallest absolute Gasteiger partial charge is 0.335 e. The Morgan fingerprint density at radius 2 is 2.00 bits per heavy atom. The van der Waals surface area contributed by atoms with Crippen molar-refractivity contribution in [3.63, 3.8) is 0 Å². The minimum Gasteiger partial charge on any atom is -0.335 e. The van der Waals surface area contributed by atoms with E-state index in [4.69, 9.17) is 0 Å². The number of aromatic nitrogens is 3. The molecule has 0 spiro atoms. The van der Waals surface area contributed by atoms with Gasteiger partial charge in [-0.15, -0.1) is 0 Å². The van der Waals surface area contributed by atoms with E-state index < -0.39 is 18.6 Å². The minimum atomic E-state index is -4.23. The highest BCUT2D eigenvalue weighted by molar-refractivity contribution is 5.75. The highest BCUT2D eigenvalue weighted by Gasteiger charge is 2.29. The van der Waals surface area contributed by atoms with Gasteiger partial charge in [0.15, 0.2) is 0 Å². The average Bonchev–Trinajstić information content (AvgIpc) is 3.24. The summed E-state index contributed by atoms with van der Waals surface area (Å²) in [5, 5.41) is 2.77. The topological polar surface area (TPSA) is 62.5 Å². The van der Waals surface area contributed by atoms with Crippen molar-refractivity contribution in [1.29, 1.82) is 0 Å². The molecule has 2 amide bonds. The first-order valence-corrected chi connectivity index (χ1v) is 10.7. The van der Waals surface area contributed by atoms with Crippen LogP contribution in [0.3, 0.4) is 0 Å². The summed E-state index contributed by atoms with van der Waals surface area (Å²) in [6.07, 6.45) is 2.36. The summed E-state index contributed by atoms with van der Waals surface area (Å²) in [6, 6.07) is 6.69. The lowest BCUT2D eigenvalue weighted by Gasteiger charge is -2.31. The monoisotopic (exact) mass is 447 g/mol. The maximum absolute atomic E-state index is 12.9. The maximum atomic E-state index is 12.9. The number of hydrogen-bond acceptors (Lipinski definition) is 3. The first-order chi connectivity index (χ1) is 15.2. The van der Waals surface area contributed by atoms with Crippen LogP contribution < -0.4 is 5.32 Å². The van der Waals surface area contributed by atoms with Crippen molar-refractivity contribution in [2.24, 2.45) is 0 Å². The van der Waals surface area contributed by atoms with Gasteiger partial charge in [-0.1, -0.05) is 25.1 Å². The molecule has 1 N–H and O–H groups in total. The molecular weight excluding hydrogens is 419 g/mol. The predicted molar refractivity (Wildman–Crippen MR) is 117 cm³/mol. The van der Waals surface area contributed by atoms with Crippen LogP contribution in [-0.2, 0) is 0 Å². The largest absolute Gasteiger partial charge is 0.389 e. The number of carbonyl (C=O) groups excluding carboxylic acids is 1. The Balaban J connectivity index is 1.74. The van der Waals surface area contributed by atoms with Gasteiger partial charge in [0.2, 0.25) is 5.78 Å². The number of amides is 2. The Morgan fingerprint density at radius 3 is 2.69 bits per heavy atom. The number of carbonyl (C=O) groups is 1. The lowest BCUT2D eigenvalue weighted by atomic mass is 10.0. The molecule has 0 aliphatic heterocycles. The van der Waals surface area contributed by atoms with Crippen LogP contribution in [-0.4, -0.2) is 44.1 Å². The third-order valence-corrected chi connectivity index (χ3v) is 5.61. The number of imidazole rings is 1. The molecule has 2 atom stereocenters. The molecular formula is C23H28F3N5O. The number of halogens is 3. The summed E-state index contributed by atoms with van der Waals surface area (Å²) in [5.41, 5.74) is 2.79. The van der Waals surface area contributed by atoms with Gasteiger partial charge in [0.1, 0.15) is 0 Å². The molecule has 0 bridgehead atoms. The number of alkyl halides is 3. The van der Waals surface area contributed by atoms with Crippen molar-refractivity contribution in [2.45, 2.75) is 58.3 Å². The highest BCUT2D eigenvalue weighted by atomic mass is 19.4. The van der Waals surface area contributed by atoms with Gasteiger partial charge in [0.25, 0.3) is 0 Å². The van der Waals surface area contributed by atoms with Gasteiger partial charge in [-0.05, 0) is 43.9 Å². The number of fused-ring (bicyclic) bond motifs is 1. The lowest BCUT2D eigenvalue weighted by molar-refractivity contribution is -0.136. The van der Waals surface area contributed by atoms with Crippen LogP contribution in [0.4, 0.5) is 18.0 Å². The number of hydrogen-bond donors (Lipinski definition) is 1. The van der Waals surface area contributed by atoms with Crippen LogP contribution in [0.1, 0.15) is 51.6 Å². The van der Waals surface area contributed by atoms with Crippen LogP contribution in [0.25, 0.3) is 16.9 Å². The highest BCUT2D eigenvalue weighted by Crippen LogP contribution is 2.27. The van der Waals surface area contributed by atoms with E-state index in [0.29, 0.717) is 18.7 Å². The zero-order chi connectivity index (χ0) is 23.3. The maximum Gasteiger partial charge on any atom is 0.389 e. The molecule has 2 aromatic heterocycles. The van der Waals surface area contributed by atoms with Crippen LogP contribution in [0.2, 0.25) is 0 Å². The van der Waals surface area contributed by atoms with Crippen molar-refractivity contribution in [2.75, 3.05) is 6.54 Å². The molecule has 3 rings (SSSR count). The quantitative estimate of drug-likeness (QED) is 0.488. The van der Waals surface area contributed by atoms with Gasteiger partial charge in [-0.25, -0.2) is 14.8 Å². The Morgan fingerprint density at radius 1 is 1.22 bits per heavy atom. The summed E-state index contributed by atoms with van der Waals surface area (Å²) >= 11 is 0. The van der Waals surface area contributed by atoms with Gasteiger partial charge in [-0.2, -0.15) is 13.2 Å². The third-order valence-electron chi connectivity index (χ3n) is 5.61. The molecule has 172 valence electrons. The van der Waals surface area contributed by atoms with Crippen molar-refractivity contribution in [3.8, 4) is 11.1 Å². The number of nitrogens with zero attached hydrogens (tertiary/aromatic N) is 4. The second-order valence-corrected chi connectivity index (χ2v) is 7.77. The van der Waals surface area contributed by atoms with E-state index >= 15 is 0 Å². The molecule has 0 fully saturated rings. The van der Waals surface area contributed by atoms with E-state index in [0.717, 1.165) is 16.7 Å². The molecule has 2 unspecified atom stereocenters. The van der Waals surface area contributed by atoms with Crippen molar-refractivity contribution in [3.05, 3.63) is 54.6 Å². The molecule has 32 heavy (non-hydrogen) atoms. The second-order valence-electron chi connectivity index (χ2n) is 7.77. The number of rotatable bonds is 8. The molecule has 0 aliphatic carbocycles. The lowest BCUT2D eigenvalue weighted by Crippen LogP contribution is -2.45. The SMILES string of the molecule is CCC(CCC(F)(F)F)NC(=O)N(CC)C(C)c1cccc(-c2cnc3nccn3c2)c1. The Hall–Kier alpha value is -3.10. The summed E-state index contributed by atoms with van der Waals surface area (Å²) in [7, 11) is 0. The van der Waals surface area contributed by atoms with Gasteiger partial charge >= 0.3 is 12.2 Å². The molecule has 0 saturated heterocycles. The van der Waals surface area contributed by atoms with Gasteiger partial charge in [-0.3, -0.25) is 4.40 Å². The van der Waals surface area contributed by atoms with Crippen LogP contribution in [0, 0.1) is 0 Å². The predicted octanol–water partition coefficient (Wildman–Crippen LogP) is 5.61. The van der Waals surface area contributed by atoms with Crippen molar-refractivity contribution < 1.29 is 18.0 Å². The fraction of sp³-hybridized carbons (Fsp3) is 0.435. The van der Waals surface area contributed by atoms with E-state index in [2.05, 4.69) is 15.3 Å². The standard InChI is InChI=1S/C23H28F3N5O/c1-4-20(9-10-23(24,25)26)29-22(32)31(5-2)16(3)17-7-6-8-18(13-17)19-14-28-21-27-11-12-30(21)15-19/h6-8,11-16,20H,4-5,9-10H2,1-3H3,(H,29,32). The van der Waals surface area contributed by atoms with Gasteiger partial charge in [0.05, 0.1) is 6.04 Å². The molecule has 0 saturated carbocycles. The number of urea groups is 1. The average molecular weight is 448 g/mol. The second kappa shape index (κ2) is 10.0. The first-order valence-electron chi connectivity index (χ1n) is 10.7. The van der Waals surface area contributed by atoms with E-state index in [1.807, 2.05) is 54.9 Å². The van der Waals surface area contributed by atoms with Crippen molar-refractivity contribution >= 4 is 11.8 Å². The molecule has 3 aromatic rings. The number of benzene rings is 1. The van der Waals surface area contributed by atoms with E-state index in [1.165, 1.54) is 0 Å². The van der Waals surface area contributed by atoms with E-state index in [9.17, 15) is 18.0 Å². The molecule has 9 heteroatoms. The molecule has 6 nitrogen and oxygen atoms in total. The fourth-order valence-corrected chi connectivity index (χ4v) is 3.69. The Bertz CT molecular complexity index is 1050. The Kier molecular flexibility index (Phi) is 7.37. The molecule has 1 aromatic carbocycles. The summed E-state index contributed by atoms with van der Waals surface area (Å²) in [5.74, 6) is 0.614. The molecule has 0 aliphatic rings. The number of nitrogens with one attached hydrogen (secondary N) is 1. The van der Waals surface area contributed by atoms with Crippen LogP contribution in [0.15, 0.2) is 49.1 Å². The van der Waals surface area contributed by atoms with Crippen LogP contribution >= 0.6 is 0 Å². The van der Waals surface area contributed by atoms with Crippen LogP contribution in [0.5, 0.6) is 0 Å². The zero-order valence-electron chi connectivity index (χ0n) is 18.4. The minimum absolute atomic E-state index is 0.128. The fourth-order valence-electron chi connectivity index (χ4n) is 3.69. The van der Waals surface area contributed by atoms with Crippen molar-refractivity contribution in [1.82, 2.24) is 24.6 Å². The Labute approximate surface area is 185 Å². The third kappa shape index (κ3) is 5.77. The summed E-state index contributed by atoms with van der Waals surface area (Å²) in [6.45, 7) is 5.97. The first kappa shape index (κ1) is 23.6. The van der Waals surface area contributed by atoms with E-state index in [1.54, 1.807) is 24.2 Å². The van der Waals surface area contributed by atoms with E-state index in [-0.39, 0.29) is 18.5 Å². The summed E-state index contributed by atoms with van der Waals surface area (Å²) in [4.78, 5) is 23.0. The van der Waals surface area contributed by atoms with Gasteiger partial charge < -0.3 is 10.2 Å². The molecule has 0 radical (unpaired) electrons. The molecule has 2 heterocycles.